The second-order valence-corrected chi connectivity index (χ2v) is 11.5. The number of anilines is 1. The Hall–Kier alpha value is -1.76. The Morgan fingerprint density at radius 2 is 1.30 bits per heavy atom. The van der Waals surface area contributed by atoms with Crippen molar-refractivity contribution >= 4 is 17.0 Å². The molecule has 0 saturated carbocycles. The fraction of sp³-hybridized carbons (Fsp3) is 0.677. The molecular formula is C31H49NO4S. The van der Waals surface area contributed by atoms with Gasteiger partial charge >= 0.3 is 0 Å². The van der Waals surface area contributed by atoms with Crippen LogP contribution < -0.4 is 15.2 Å². The van der Waals surface area contributed by atoms with Crippen LogP contribution >= 0.6 is 11.3 Å². The third kappa shape index (κ3) is 10.1. The van der Waals surface area contributed by atoms with Crippen LogP contribution in [-0.2, 0) is 9.47 Å². The van der Waals surface area contributed by atoms with Crippen molar-refractivity contribution in [2.24, 2.45) is 5.41 Å². The van der Waals surface area contributed by atoms with Gasteiger partial charge in [0.1, 0.15) is 13.2 Å². The predicted molar refractivity (Wildman–Crippen MR) is 156 cm³/mol. The molecule has 0 amide bonds. The summed E-state index contributed by atoms with van der Waals surface area (Å²) in [4.78, 5) is 1.08. The second-order valence-electron chi connectivity index (χ2n) is 10.6. The van der Waals surface area contributed by atoms with Crippen molar-refractivity contribution in [1.82, 2.24) is 0 Å². The summed E-state index contributed by atoms with van der Waals surface area (Å²) in [6.45, 7) is 8.30. The lowest BCUT2D eigenvalue weighted by Gasteiger charge is -2.30. The van der Waals surface area contributed by atoms with Gasteiger partial charge in [0, 0.05) is 24.3 Å². The van der Waals surface area contributed by atoms with Crippen LogP contribution in [0.1, 0.15) is 90.9 Å². The largest absolute Gasteiger partial charge is 0.488 e. The molecule has 1 aliphatic rings. The summed E-state index contributed by atoms with van der Waals surface area (Å²) in [5.41, 5.74) is 7.42. The molecule has 0 spiro atoms. The Labute approximate surface area is 229 Å². The number of thiophene rings is 1. The van der Waals surface area contributed by atoms with Crippen molar-refractivity contribution in [1.29, 1.82) is 0 Å². The SMILES string of the molecule is CCCCCCCCOCC1(COCCCCCCCC)COc2csc(-c3ccc(N)cc3)c2OC1. The van der Waals surface area contributed by atoms with Gasteiger partial charge in [-0.3, -0.25) is 0 Å². The lowest BCUT2D eigenvalue weighted by Crippen LogP contribution is -2.42. The first-order valence-electron chi connectivity index (χ1n) is 14.6. The molecule has 3 rings (SSSR count). The van der Waals surface area contributed by atoms with Gasteiger partial charge in [0.05, 0.1) is 23.5 Å². The van der Waals surface area contributed by atoms with Crippen LogP contribution in [0.2, 0.25) is 0 Å². The van der Waals surface area contributed by atoms with E-state index in [9.17, 15) is 0 Å². The monoisotopic (exact) mass is 531 g/mol. The van der Waals surface area contributed by atoms with E-state index in [-0.39, 0.29) is 5.41 Å². The molecule has 37 heavy (non-hydrogen) atoms. The molecule has 0 saturated heterocycles. The van der Waals surface area contributed by atoms with Crippen LogP contribution in [0.3, 0.4) is 0 Å². The molecule has 2 heterocycles. The van der Waals surface area contributed by atoms with Crippen LogP contribution in [0.15, 0.2) is 29.6 Å². The fourth-order valence-corrected chi connectivity index (χ4v) is 5.59. The Morgan fingerprint density at radius 1 is 0.757 bits per heavy atom. The highest BCUT2D eigenvalue weighted by atomic mass is 32.1. The molecule has 1 aliphatic heterocycles. The minimum atomic E-state index is -0.320. The standard InChI is InChI=1S/C31H49NO4S/c1-3-5-7-9-11-13-19-33-22-31(23-34-20-14-12-10-8-6-4-2)24-35-28-21-37-30(29(28)36-25-31)26-15-17-27(32)18-16-26/h15-18,21H,3-14,19-20,22-25,32H2,1-2H3. The Bertz CT molecular complexity index is 847. The fourth-order valence-electron chi connectivity index (χ4n) is 4.65. The predicted octanol–water partition coefficient (Wildman–Crippen LogP) is 8.51. The van der Waals surface area contributed by atoms with Gasteiger partial charge in [-0.05, 0) is 30.5 Å². The first-order chi connectivity index (χ1) is 18.2. The molecule has 5 nitrogen and oxygen atoms in total. The average molecular weight is 532 g/mol. The molecule has 1 aromatic heterocycles. The lowest BCUT2D eigenvalue weighted by atomic mass is 9.92. The van der Waals surface area contributed by atoms with Crippen LogP contribution in [0.5, 0.6) is 11.5 Å². The normalized spacial score (nSPS) is 14.5. The molecule has 1 aromatic carbocycles. The van der Waals surface area contributed by atoms with Crippen molar-refractivity contribution in [3.05, 3.63) is 29.6 Å². The van der Waals surface area contributed by atoms with Gasteiger partial charge < -0.3 is 24.7 Å². The highest BCUT2D eigenvalue weighted by Crippen LogP contribution is 2.46. The zero-order valence-corrected chi connectivity index (χ0v) is 24.0. The summed E-state index contributed by atoms with van der Waals surface area (Å²) in [5, 5.41) is 2.05. The van der Waals surface area contributed by atoms with Gasteiger partial charge in [0.2, 0.25) is 0 Å². The Kier molecular flexibility index (Phi) is 13.6. The first-order valence-corrected chi connectivity index (χ1v) is 15.4. The molecular weight excluding hydrogens is 482 g/mol. The molecule has 0 fully saturated rings. The van der Waals surface area contributed by atoms with Crippen molar-refractivity contribution in [2.75, 3.05) is 45.4 Å². The number of nitrogens with two attached hydrogens (primary N) is 1. The van der Waals surface area contributed by atoms with E-state index in [0.717, 1.165) is 53.7 Å². The summed E-state index contributed by atoms with van der Waals surface area (Å²) in [6, 6.07) is 7.93. The number of fused-ring (bicyclic) bond motifs is 1. The van der Waals surface area contributed by atoms with E-state index in [4.69, 9.17) is 24.7 Å². The summed E-state index contributed by atoms with van der Waals surface area (Å²) >= 11 is 1.65. The zero-order chi connectivity index (χ0) is 26.2. The molecule has 0 radical (unpaired) electrons. The third-order valence-corrected chi connectivity index (χ3v) is 8.03. The Morgan fingerprint density at radius 3 is 1.89 bits per heavy atom. The molecule has 6 heteroatoms. The number of nitrogen functional groups attached to an aromatic ring is 1. The lowest BCUT2D eigenvalue weighted by molar-refractivity contribution is -0.0605. The minimum absolute atomic E-state index is 0.320. The Balaban J connectivity index is 1.54. The molecule has 2 N–H and O–H groups in total. The first kappa shape index (κ1) is 29.8. The van der Waals surface area contributed by atoms with Gasteiger partial charge in [-0.1, -0.05) is 90.2 Å². The highest BCUT2D eigenvalue weighted by molar-refractivity contribution is 7.14. The van der Waals surface area contributed by atoms with Gasteiger partial charge in [-0.15, -0.1) is 11.3 Å². The van der Waals surface area contributed by atoms with Gasteiger partial charge in [0.25, 0.3) is 0 Å². The van der Waals surface area contributed by atoms with Crippen molar-refractivity contribution in [3.63, 3.8) is 0 Å². The molecule has 208 valence electrons. The van der Waals surface area contributed by atoms with Crippen LogP contribution in [0, 0.1) is 5.41 Å². The maximum atomic E-state index is 6.46. The van der Waals surface area contributed by atoms with E-state index >= 15 is 0 Å². The topological polar surface area (TPSA) is 62.9 Å². The number of rotatable bonds is 19. The summed E-state index contributed by atoms with van der Waals surface area (Å²) in [7, 11) is 0. The molecule has 0 bridgehead atoms. The summed E-state index contributed by atoms with van der Waals surface area (Å²) in [6.07, 6.45) is 15.1. The van der Waals surface area contributed by atoms with Gasteiger partial charge in [0.15, 0.2) is 11.5 Å². The van der Waals surface area contributed by atoms with Gasteiger partial charge in [-0.25, -0.2) is 0 Å². The van der Waals surface area contributed by atoms with E-state index in [1.165, 1.54) is 64.2 Å². The quantitative estimate of drug-likeness (QED) is 0.145. The second kappa shape index (κ2) is 17.0. The van der Waals surface area contributed by atoms with E-state index in [1.807, 2.05) is 29.6 Å². The number of hydrogen-bond donors (Lipinski definition) is 1. The van der Waals surface area contributed by atoms with Gasteiger partial charge in [-0.2, -0.15) is 0 Å². The summed E-state index contributed by atoms with van der Waals surface area (Å²) < 4.78 is 25.2. The van der Waals surface area contributed by atoms with E-state index in [0.29, 0.717) is 26.4 Å². The van der Waals surface area contributed by atoms with Crippen molar-refractivity contribution < 1.29 is 18.9 Å². The maximum absolute atomic E-state index is 6.46. The van der Waals surface area contributed by atoms with E-state index in [1.54, 1.807) is 11.3 Å². The number of hydrogen-bond acceptors (Lipinski definition) is 6. The smallest absolute Gasteiger partial charge is 0.179 e. The van der Waals surface area contributed by atoms with Crippen LogP contribution in [0.25, 0.3) is 10.4 Å². The number of unbranched alkanes of at least 4 members (excludes halogenated alkanes) is 10. The zero-order valence-electron chi connectivity index (χ0n) is 23.2. The number of ether oxygens (including phenoxy) is 4. The molecule has 0 atom stereocenters. The van der Waals surface area contributed by atoms with Crippen LogP contribution in [0.4, 0.5) is 5.69 Å². The highest BCUT2D eigenvalue weighted by Gasteiger charge is 2.37. The van der Waals surface area contributed by atoms with E-state index in [2.05, 4.69) is 13.8 Å². The molecule has 2 aromatic rings. The molecule has 0 unspecified atom stereocenters. The third-order valence-electron chi connectivity index (χ3n) is 7.04. The number of benzene rings is 1. The van der Waals surface area contributed by atoms with Crippen LogP contribution in [-0.4, -0.2) is 39.6 Å². The molecule has 0 aliphatic carbocycles. The average Bonchev–Trinajstić information content (AvgIpc) is 3.23. The maximum Gasteiger partial charge on any atom is 0.179 e. The van der Waals surface area contributed by atoms with Crippen molar-refractivity contribution in [3.8, 4) is 21.9 Å². The van der Waals surface area contributed by atoms with E-state index < -0.39 is 0 Å². The summed E-state index contributed by atoms with van der Waals surface area (Å²) in [5.74, 6) is 1.63. The van der Waals surface area contributed by atoms with Crippen molar-refractivity contribution in [2.45, 2.75) is 90.9 Å². The minimum Gasteiger partial charge on any atom is -0.488 e.